The van der Waals surface area contributed by atoms with Crippen LogP contribution in [0.3, 0.4) is 0 Å². The third-order valence-corrected chi connectivity index (χ3v) is 7.64. The summed E-state index contributed by atoms with van der Waals surface area (Å²) in [4.78, 5) is 31.6. The number of anilines is 2. The number of nitrogens with zero attached hydrogens (tertiary/aromatic N) is 4. The van der Waals surface area contributed by atoms with Crippen LogP contribution in [0, 0.1) is 0 Å². The lowest BCUT2D eigenvalue weighted by molar-refractivity contribution is 0.240. The third kappa shape index (κ3) is 8.77. The Morgan fingerprint density at radius 1 is 0.891 bits per heavy atom. The monoisotopic (exact) mass is 628 g/mol. The number of hydrogen-bond acceptors (Lipinski definition) is 6. The summed E-state index contributed by atoms with van der Waals surface area (Å²) < 4.78 is 15.7. The minimum absolute atomic E-state index is 0.132. The highest BCUT2D eigenvalue weighted by Gasteiger charge is 2.21. The molecule has 0 saturated heterocycles. The van der Waals surface area contributed by atoms with Gasteiger partial charge in [-0.05, 0) is 61.4 Å². The first kappa shape index (κ1) is 34.3. The fourth-order valence-corrected chi connectivity index (χ4v) is 5.31. The highest BCUT2D eigenvalue weighted by Crippen LogP contribution is 2.38. The molecule has 0 saturated carbocycles. The molecule has 0 unspecified atom stereocenters. The molecular formula is C36H48N6O4. The van der Waals surface area contributed by atoms with Gasteiger partial charge in [0, 0.05) is 48.6 Å². The fourth-order valence-electron chi connectivity index (χ4n) is 5.31. The van der Waals surface area contributed by atoms with Crippen LogP contribution in [0.2, 0.25) is 0 Å². The number of pyridine rings is 1. The van der Waals surface area contributed by atoms with Crippen molar-refractivity contribution in [3.05, 3.63) is 82.8 Å². The van der Waals surface area contributed by atoms with E-state index in [9.17, 15) is 9.59 Å². The van der Waals surface area contributed by atoms with Crippen molar-refractivity contribution in [3.63, 3.8) is 0 Å². The zero-order valence-electron chi connectivity index (χ0n) is 28.2. The van der Waals surface area contributed by atoms with E-state index < -0.39 is 6.03 Å². The molecule has 2 heterocycles. The largest absolute Gasteiger partial charge is 0.493 e. The van der Waals surface area contributed by atoms with E-state index in [1.807, 2.05) is 56.3 Å². The molecule has 4 rings (SSSR count). The number of aryl methyl sites for hydroxylation is 2. The van der Waals surface area contributed by atoms with Crippen molar-refractivity contribution >= 4 is 17.4 Å². The van der Waals surface area contributed by atoms with Crippen LogP contribution in [0.5, 0.6) is 11.5 Å². The predicted molar refractivity (Wildman–Crippen MR) is 184 cm³/mol. The standard InChI is InChI=1S/C36H48N6O4/c1-8-9-17-41-19-16-31(30-15-14-27(21-32(30)46-26(6)7)45-20-11-18-42-23-37-22-38-42)34(35(41)43)40-36(44)39-33-28(24(2)3)12-10-13-29(33)25(4)5/h10,12-16,19,21-26H,8-9,11,17-18,20H2,1-7H3,(H2,39,40,44). The lowest BCUT2D eigenvalue weighted by Crippen LogP contribution is -2.29. The van der Waals surface area contributed by atoms with Gasteiger partial charge >= 0.3 is 6.03 Å². The summed E-state index contributed by atoms with van der Waals surface area (Å²) in [6, 6.07) is 13.1. The number of amides is 2. The average Bonchev–Trinajstić information content (AvgIpc) is 3.53. The van der Waals surface area contributed by atoms with Crippen LogP contribution < -0.4 is 25.7 Å². The van der Waals surface area contributed by atoms with E-state index >= 15 is 0 Å². The van der Waals surface area contributed by atoms with Crippen molar-refractivity contribution in [3.8, 4) is 22.6 Å². The van der Waals surface area contributed by atoms with Crippen molar-refractivity contribution < 1.29 is 14.3 Å². The molecule has 2 aromatic carbocycles. The zero-order valence-corrected chi connectivity index (χ0v) is 28.2. The van der Waals surface area contributed by atoms with Gasteiger partial charge in [0.2, 0.25) is 0 Å². The molecule has 10 nitrogen and oxygen atoms in total. The maximum Gasteiger partial charge on any atom is 0.323 e. The molecule has 0 aliphatic carbocycles. The Bertz CT molecular complexity index is 1620. The van der Waals surface area contributed by atoms with Crippen molar-refractivity contribution in [2.24, 2.45) is 0 Å². The Hall–Kier alpha value is -4.60. The lowest BCUT2D eigenvalue weighted by Gasteiger charge is -2.22. The highest BCUT2D eigenvalue weighted by molar-refractivity contribution is 6.03. The Morgan fingerprint density at radius 3 is 2.24 bits per heavy atom. The van der Waals surface area contributed by atoms with E-state index in [2.05, 4.69) is 55.3 Å². The van der Waals surface area contributed by atoms with Crippen molar-refractivity contribution in [1.29, 1.82) is 0 Å². The smallest absolute Gasteiger partial charge is 0.323 e. The molecule has 0 bridgehead atoms. The second kappa shape index (κ2) is 16.1. The summed E-state index contributed by atoms with van der Waals surface area (Å²) in [6.07, 6.45) is 7.38. The van der Waals surface area contributed by atoms with Gasteiger partial charge in [0.1, 0.15) is 29.8 Å². The summed E-state index contributed by atoms with van der Waals surface area (Å²) >= 11 is 0. The zero-order chi connectivity index (χ0) is 33.2. The first-order valence-corrected chi connectivity index (χ1v) is 16.3. The number of unbranched alkanes of at least 4 members (excludes halogenated alkanes) is 1. The molecule has 46 heavy (non-hydrogen) atoms. The minimum atomic E-state index is -0.472. The van der Waals surface area contributed by atoms with Crippen LogP contribution in [0.15, 0.2) is 66.1 Å². The maximum absolute atomic E-state index is 13.9. The van der Waals surface area contributed by atoms with Crippen LogP contribution >= 0.6 is 0 Å². The number of carbonyl (C=O) groups excluding carboxylic acids is 1. The van der Waals surface area contributed by atoms with E-state index in [1.165, 1.54) is 6.33 Å². The Kier molecular flexibility index (Phi) is 12.0. The SMILES string of the molecule is CCCCn1ccc(-c2ccc(OCCCn3cncn3)cc2OC(C)C)c(NC(=O)Nc2c(C(C)C)cccc2C(C)C)c1=O. The quantitative estimate of drug-likeness (QED) is 0.129. The number of aromatic nitrogens is 4. The molecule has 0 aliphatic heterocycles. The number of benzene rings is 2. The van der Waals surface area contributed by atoms with Gasteiger partial charge in [0.25, 0.3) is 5.56 Å². The van der Waals surface area contributed by atoms with Crippen molar-refractivity contribution in [2.45, 2.75) is 98.8 Å². The summed E-state index contributed by atoms with van der Waals surface area (Å²) in [5.74, 6) is 1.61. The molecule has 0 aliphatic rings. The summed E-state index contributed by atoms with van der Waals surface area (Å²) in [7, 11) is 0. The number of carbonyl (C=O) groups is 1. The molecule has 0 atom stereocenters. The second-order valence-corrected chi connectivity index (χ2v) is 12.3. The van der Waals surface area contributed by atoms with E-state index in [0.717, 1.165) is 36.1 Å². The van der Waals surface area contributed by atoms with Gasteiger partial charge < -0.3 is 24.7 Å². The first-order valence-electron chi connectivity index (χ1n) is 16.3. The molecular weight excluding hydrogens is 580 g/mol. The minimum Gasteiger partial charge on any atom is -0.493 e. The average molecular weight is 629 g/mol. The first-order chi connectivity index (χ1) is 22.1. The van der Waals surface area contributed by atoms with Gasteiger partial charge in [-0.1, -0.05) is 59.2 Å². The van der Waals surface area contributed by atoms with E-state index in [0.29, 0.717) is 42.3 Å². The van der Waals surface area contributed by atoms with Gasteiger partial charge in [0.15, 0.2) is 0 Å². The third-order valence-electron chi connectivity index (χ3n) is 7.64. The number of hydrogen-bond donors (Lipinski definition) is 2. The van der Waals surface area contributed by atoms with Gasteiger partial charge in [0.05, 0.1) is 12.7 Å². The van der Waals surface area contributed by atoms with E-state index in [1.54, 1.807) is 21.8 Å². The molecule has 0 radical (unpaired) electrons. The van der Waals surface area contributed by atoms with Crippen LogP contribution in [-0.4, -0.2) is 38.1 Å². The molecule has 0 fully saturated rings. The van der Waals surface area contributed by atoms with Crippen LogP contribution in [0.1, 0.15) is 90.7 Å². The van der Waals surface area contributed by atoms with Crippen LogP contribution in [-0.2, 0) is 13.1 Å². The van der Waals surface area contributed by atoms with Gasteiger partial charge in [-0.3, -0.25) is 9.48 Å². The van der Waals surface area contributed by atoms with Gasteiger partial charge in [-0.15, -0.1) is 0 Å². The van der Waals surface area contributed by atoms with Crippen LogP contribution in [0.4, 0.5) is 16.2 Å². The predicted octanol–water partition coefficient (Wildman–Crippen LogP) is 8.05. The Morgan fingerprint density at radius 2 is 1.61 bits per heavy atom. The molecule has 2 amide bonds. The second-order valence-electron chi connectivity index (χ2n) is 12.3. The molecule has 246 valence electrons. The number of nitrogens with one attached hydrogen (secondary N) is 2. The molecule has 2 N–H and O–H groups in total. The highest BCUT2D eigenvalue weighted by atomic mass is 16.5. The maximum atomic E-state index is 13.9. The molecule has 0 spiro atoms. The Balaban J connectivity index is 1.69. The van der Waals surface area contributed by atoms with E-state index in [-0.39, 0.29) is 29.2 Å². The summed E-state index contributed by atoms with van der Waals surface area (Å²) in [5.41, 5.74) is 4.04. The van der Waals surface area contributed by atoms with Crippen LogP contribution in [0.25, 0.3) is 11.1 Å². The van der Waals surface area contributed by atoms with Crippen molar-refractivity contribution in [2.75, 3.05) is 17.2 Å². The summed E-state index contributed by atoms with van der Waals surface area (Å²) in [5, 5.41) is 10.2. The molecule has 4 aromatic rings. The fraction of sp³-hybridized carbons (Fsp3) is 0.444. The summed E-state index contributed by atoms with van der Waals surface area (Å²) in [6.45, 7) is 16.1. The van der Waals surface area contributed by atoms with E-state index in [4.69, 9.17) is 9.47 Å². The topological polar surface area (TPSA) is 112 Å². The van der Waals surface area contributed by atoms with Gasteiger partial charge in [-0.2, -0.15) is 5.10 Å². The molecule has 10 heteroatoms. The number of para-hydroxylation sites is 1. The number of rotatable bonds is 15. The lowest BCUT2D eigenvalue weighted by atomic mass is 9.93. The normalized spacial score (nSPS) is 11.3. The van der Waals surface area contributed by atoms with Gasteiger partial charge in [-0.25, -0.2) is 9.78 Å². The number of ether oxygens (including phenoxy) is 2. The number of urea groups is 1. The molecule has 2 aromatic heterocycles. The van der Waals surface area contributed by atoms with Crippen molar-refractivity contribution in [1.82, 2.24) is 19.3 Å². The Labute approximate surface area is 272 Å².